The number of hydrogen-bond donors (Lipinski definition) is 3. The van der Waals surface area contributed by atoms with Crippen molar-refractivity contribution in [2.75, 3.05) is 46.9 Å². The number of likely N-dealkylation sites (tertiary alicyclic amines) is 1. The molecule has 8 heteroatoms. The van der Waals surface area contributed by atoms with Gasteiger partial charge in [0.25, 0.3) is 0 Å². The molecule has 0 aliphatic carbocycles. The van der Waals surface area contributed by atoms with Crippen LogP contribution in [0.3, 0.4) is 0 Å². The minimum Gasteiger partial charge on any atom is -0.497 e. The van der Waals surface area contributed by atoms with Gasteiger partial charge in [-0.05, 0) is 50.9 Å². The number of aliphatic imine (C=N–C) groups is 1. The molecule has 2 rings (SSSR count). The normalized spacial score (nSPS) is 16.7. The van der Waals surface area contributed by atoms with E-state index in [1.165, 1.54) is 13.0 Å². The van der Waals surface area contributed by atoms with Gasteiger partial charge in [-0.2, -0.15) is 0 Å². The van der Waals surface area contributed by atoms with Crippen molar-refractivity contribution in [1.82, 2.24) is 15.5 Å². The van der Waals surface area contributed by atoms with E-state index in [0.717, 1.165) is 38.4 Å². The number of guanidine groups is 1. The zero-order valence-electron chi connectivity index (χ0n) is 18.1. The third-order valence-electron chi connectivity index (χ3n) is 5.03. The molecule has 0 spiro atoms. The molecule has 3 N–H and O–H groups in total. The Kier molecular flexibility index (Phi) is 12.3. The molecule has 0 radical (unpaired) electrons. The first-order valence-corrected chi connectivity index (χ1v) is 10.3. The minimum atomic E-state index is -0.771. The lowest BCUT2D eigenvalue weighted by molar-refractivity contribution is 0.181. The SMILES string of the molecule is CCCN1CCC(NC(=NCC(O)c2cc(OC)ccc2OC)NCC)CC1.I. The maximum atomic E-state index is 10.7. The number of methoxy groups -OCH3 is 2. The van der Waals surface area contributed by atoms with Crippen molar-refractivity contribution in [3.05, 3.63) is 23.8 Å². The molecule has 7 nitrogen and oxygen atoms in total. The summed E-state index contributed by atoms with van der Waals surface area (Å²) < 4.78 is 10.6. The Balaban J connectivity index is 0.00000420. The summed E-state index contributed by atoms with van der Waals surface area (Å²) in [4.78, 5) is 7.12. The Morgan fingerprint density at radius 1 is 1.24 bits per heavy atom. The van der Waals surface area contributed by atoms with E-state index >= 15 is 0 Å². The molecular weight excluding hydrogens is 483 g/mol. The van der Waals surface area contributed by atoms with E-state index in [1.54, 1.807) is 26.4 Å². The van der Waals surface area contributed by atoms with Gasteiger partial charge in [0.1, 0.15) is 17.6 Å². The highest BCUT2D eigenvalue weighted by molar-refractivity contribution is 14.0. The second kappa shape index (κ2) is 13.9. The predicted molar refractivity (Wildman–Crippen MR) is 129 cm³/mol. The van der Waals surface area contributed by atoms with Crippen molar-refractivity contribution in [2.45, 2.75) is 45.3 Å². The first-order chi connectivity index (χ1) is 13.6. The lowest BCUT2D eigenvalue weighted by atomic mass is 10.1. The summed E-state index contributed by atoms with van der Waals surface area (Å²) in [6, 6.07) is 5.82. The number of ether oxygens (including phenoxy) is 2. The number of aliphatic hydroxyl groups is 1. The third-order valence-corrected chi connectivity index (χ3v) is 5.03. The molecule has 1 aromatic rings. The van der Waals surface area contributed by atoms with Gasteiger partial charge in [-0.25, -0.2) is 0 Å². The molecule has 1 aliphatic rings. The van der Waals surface area contributed by atoms with E-state index in [-0.39, 0.29) is 30.5 Å². The van der Waals surface area contributed by atoms with Crippen LogP contribution in [0.15, 0.2) is 23.2 Å². The van der Waals surface area contributed by atoms with E-state index in [1.807, 2.05) is 13.0 Å². The molecule has 166 valence electrons. The van der Waals surface area contributed by atoms with Crippen LogP contribution >= 0.6 is 24.0 Å². The van der Waals surface area contributed by atoms with Crippen molar-refractivity contribution in [3.63, 3.8) is 0 Å². The summed E-state index contributed by atoms with van der Waals surface area (Å²) in [5.74, 6) is 2.06. The molecule has 1 fully saturated rings. The van der Waals surface area contributed by atoms with Gasteiger partial charge in [0.2, 0.25) is 0 Å². The number of rotatable bonds is 9. The van der Waals surface area contributed by atoms with Crippen LogP contribution < -0.4 is 20.1 Å². The average Bonchev–Trinajstić information content (AvgIpc) is 2.73. The van der Waals surface area contributed by atoms with Crippen molar-refractivity contribution >= 4 is 29.9 Å². The monoisotopic (exact) mass is 520 g/mol. The van der Waals surface area contributed by atoms with E-state index in [9.17, 15) is 5.11 Å². The molecule has 0 bridgehead atoms. The summed E-state index contributed by atoms with van der Waals surface area (Å²) >= 11 is 0. The fraction of sp³-hybridized carbons (Fsp3) is 0.667. The molecule has 0 aromatic heterocycles. The fourth-order valence-corrected chi connectivity index (χ4v) is 3.51. The maximum absolute atomic E-state index is 10.7. The molecule has 1 aromatic carbocycles. The molecule has 1 aliphatic heterocycles. The topological polar surface area (TPSA) is 78.4 Å². The molecular formula is C21H37IN4O3. The Bertz CT molecular complexity index is 622. The predicted octanol–water partition coefficient (Wildman–Crippen LogP) is 2.78. The summed E-state index contributed by atoms with van der Waals surface area (Å²) in [5.41, 5.74) is 0.675. The Labute approximate surface area is 192 Å². The highest BCUT2D eigenvalue weighted by atomic mass is 127. The smallest absolute Gasteiger partial charge is 0.191 e. The summed E-state index contributed by atoms with van der Waals surface area (Å²) in [7, 11) is 3.20. The highest BCUT2D eigenvalue weighted by Crippen LogP contribution is 2.29. The first kappa shape index (κ1) is 25.8. The van der Waals surface area contributed by atoms with E-state index in [4.69, 9.17) is 9.47 Å². The van der Waals surface area contributed by atoms with E-state index < -0.39 is 6.10 Å². The van der Waals surface area contributed by atoms with Crippen LogP contribution in [0.4, 0.5) is 0 Å². The standard InChI is InChI=1S/C21H36N4O3.HI/c1-5-11-25-12-9-16(10-13-25)24-21(22-6-2)23-15-19(26)18-14-17(27-3)7-8-20(18)28-4;/h7-8,14,16,19,26H,5-6,9-13,15H2,1-4H3,(H2,22,23,24);1H. The molecule has 0 amide bonds. The molecule has 29 heavy (non-hydrogen) atoms. The average molecular weight is 520 g/mol. The van der Waals surface area contributed by atoms with Crippen molar-refractivity contribution in [3.8, 4) is 11.5 Å². The van der Waals surface area contributed by atoms with Crippen LogP contribution in [0.25, 0.3) is 0 Å². The third kappa shape index (κ3) is 8.18. The molecule has 1 heterocycles. The van der Waals surface area contributed by atoms with Crippen LogP contribution in [0.2, 0.25) is 0 Å². The molecule has 1 saturated heterocycles. The van der Waals surface area contributed by atoms with Crippen molar-refractivity contribution in [1.29, 1.82) is 0 Å². The van der Waals surface area contributed by atoms with Gasteiger partial charge >= 0.3 is 0 Å². The zero-order valence-corrected chi connectivity index (χ0v) is 20.4. The summed E-state index contributed by atoms with van der Waals surface area (Å²) in [5, 5.41) is 17.5. The van der Waals surface area contributed by atoms with Gasteiger partial charge in [0, 0.05) is 31.2 Å². The number of piperidine rings is 1. The number of nitrogens with zero attached hydrogens (tertiary/aromatic N) is 2. The van der Waals surface area contributed by atoms with Gasteiger partial charge in [-0.15, -0.1) is 24.0 Å². The number of halogens is 1. The largest absolute Gasteiger partial charge is 0.497 e. The van der Waals surface area contributed by atoms with Crippen LogP contribution in [0.5, 0.6) is 11.5 Å². The zero-order chi connectivity index (χ0) is 20.4. The molecule has 1 unspecified atom stereocenters. The van der Waals surface area contributed by atoms with Crippen molar-refractivity contribution in [2.24, 2.45) is 4.99 Å². The van der Waals surface area contributed by atoms with Gasteiger partial charge in [0.15, 0.2) is 5.96 Å². The second-order valence-electron chi connectivity index (χ2n) is 7.10. The van der Waals surface area contributed by atoms with Crippen LogP contribution in [-0.2, 0) is 0 Å². The van der Waals surface area contributed by atoms with Crippen molar-refractivity contribution < 1.29 is 14.6 Å². The van der Waals surface area contributed by atoms with E-state index in [2.05, 4.69) is 27.4 Å². The van der Waals surface area contributed by atoms with Gasteiger partial charge < -0.3 is 30.1 Å². The summed E-state index contributed by atoms with van der Waals surface area (Å²) in [6.45, 7) is 8.70. The van der Waals surface area contributed by atoms with Crippen LogP contribution in [0.1, 0.15) is 44.8 Å². The minimum absolute atomic E-state index is 0. The number of hydrogen-bond acceptors (Lipinski definition) is 5. The Morgan fingerprint density at radius 3 is 2.55 bits per heavy atom. The highest BCUT2D eigenvalue weighted by Gasteiger charge is 2.20. The number of aliphatic hydroxyl groups excluding tert-OH is 1. The quantitative estimate of drug-likeness (QED) is 0.264. The van der Waals surface area contributed by atoms with Crippen LogP contribution in [-0.4, -0.2) is 69.0 Å². The fourth-order valence-electron chi connectivity index (χ4n) is 3.51. The molecule has 1 atom stereocenters. The number of nitrogens with one attached hydrogen (secondary N) is 2. The van der Waals surface area contributed by atoms with E-state index in [0.29, 0.717) is 23.1 Å². The Morgan fingerprint density at radius 2 is 1.97 bits per heavy atom. The van der Waals surface area contributed by atoms with Gasteiger partial charge in [-0.1, -0.05) is 6.92 Å². The van der Waals surface area contributed by atoms with Gasteiger partial charge in [-0.3, -0.25) is 4.99 Å². The first-order valence-electron chi connectivity index (χ1n) is 10.3. The second-order valence-corrected chi connectivity index (χ2v) is 7.10. The summed E-state index contributed by atoms with van der Waals surface area (Å²) in [6.07, 6.45) is 2.65. The lowest BCUT2D eigenvalue weighted by Crippen LogP contribution is -2.48. The Hall–Kier alpha value is -1.26. The lowest BCUT2D eigenvalue weighted by Gasteiger charge is -2.32. The molecule has 0 saturated carbocycles. The number of benzene rings is 1. The maximum Gasteiger partial charge on any atom is 0.191 e. The van der Waals surface area contributed by atoms with Crippen LogP contribution in [0, 0.1) is 0 Å². The van der Waals surface area contributed by atoms with Gasteiger partial charge in [0.05, 0.1) is 20.8 Å².